The Hall–Kier alpha value is -1.18. The van der Waals surface area contributed by atoms with Gasteiger partial charge in [0.05, 0.1) is 6.10 Å². The minimum absolute atomic E-state index is 0.0557. The fourth-order valence-corrected chi connectivity index (χ4v) is 1.72. The maximum absolute atomic E-state index is 11.3. The lowest BCUT2D eigenvalue weighted by Gasteiger charge is -2.36. The summed E-state index contributed by atoms with van der Waals surface area (Å²) in [5.74, 6) is -0.922. The third kappa shape index (κ3) is 4.77. The Morgan fingerprint density at radius 2 is 1.84 bits per heavy atom. The predicted molar refractivity (Wildman–Crippen MR) is 62.9 cm³/mol. The van der Waals surface area contributed by atoms with Crippen LogP contribution in [0, 0.1) is 0 Å². The van der Waals surface area contributed by atoms with Gasteiger partial charge in [0, 0.05) is 19.3 Å². The third-order valence-electron chi connectivity index (χ3n) is 2.77. The van der Waals surface area contributed by atoms with E-state index in [1.54, 1.807) is 13.8 Å². The molecular formula is C12H20O7. The van der Waals surface area contributed by atoms with Gasteiger partial charge in [0.1, 0.15) is 12.7 Å². The first-order valence-electron chi connectivity index (χ1n) is 6.34. The maximum Gasteiger partial charge on any atom is 0.305 e. The fourth-order valence-electron chi connectivity index (χ4n) is 1.72. The van der Waals surface area contributed by atoms with Crippen molar-refractivity contribution in [3.63, 3.8) is 0 Å². The molecule has 110 valence electrons. The van der Waals surface area contributed by atoms with Crippen LogP contribution in [0.2, 0.25) is 0 Å². The molecule has 0 bridgehead atoms. The Bertz CT molecular complexity index is 317. The zero-order chi connectivity index (χ0) is 14.4. The standard InChI is InChI=1S/C12H20O7/c1-3-9(14)17-6-8-12(19-10(15)4-2)7(13)5-11(16)18-8/h7-8,11-13,16H,3-6H2,1-2H3/t7-,8-,11+,12+/m1/s1. The highest BCUT2D eigenvalue weighted by atomic mass is 16.7. The van der Waals surface area contributed by atoms with Gasteiger partial charge in [-0.05, 0) is 0 Å². The van der Waals surface area contributed by atoms with E-state index in [4.69, 9.17) is 14.2 Å². The van der Waals surface area contributed by atoms with Crippen molar-refractivity contribution in [3.8, 4) is 0 Å². The number of carbonyl (C=O) groups excluding carboxylic acids is 2. The van der Waals surface area contributed by atoms with Crippen LogP contribution in [-0.4, -0.2) is 53.4 Å². The van der Waals surface area contributed by atoms with Crippen molar-refractivity contribution < 1.29 is 34.0 Å². The highest BCUT2D eigenvalue weighted by Crippen LogP contribution is 2.22. The first-order valence-corrected chi connectivity index (χ1v) is 6.34. The number of rotatable bonds is 5. The van der Waals surface area contributed by atoms with E-state index in [0.29, 0.717) is 0 Å². The molecular weight excluding hydrogens is 256 g/mol. The number of ether oxygens (including phenoxy) is 3. The van der Waals surface area contributed by atoms with Gasteiger partial charge >= 0.3 is 11.9 Å². The van der Waals surface area contributed by atoms with Crippen LogP contribution in [-0.2, 0) is 23.8 Å². The topological polar surface area (TPSA) is 102 Å². The van der Waals surface area contributed by atoms with Crippen molar-refractivity contribution in [1.29, 1.82) is 0 Å². The molecule has 0 radical (unpaired) electrons. The lowest BCUT2D eigenvalue weighted by molar-refractivity contribution is -0.249. The van der Waals surface area contributed by atoms with Crippen LogP contribution in [0.5, 0.6) is 0 Å². The number of esters is 2. The Morgan fingerprint density at radius 1 is 1.21 bits per heavy atom. The van der Waals surface area contributed by atoms with E-state index in [9.17, 15) is 19.8 Å². The summed E-state index contributed by atoms with van der Waals surface area (Å²) in [7, 11) is 0. The Morgan fingerprint density at radius 3 is 2.42 bits per heavy atom. The average Bonchev–Trinajstić information content (AvgIpc) is 2.38. The van der Waals surface area contributed by atoms with Gasteiger partial charge < -0.3 is 24.4 Å². The molecule has 0 spiro atoms. The second kappa shape index (κ2) is 7.42. The van der Waals surface area contributed by atoms with Gasteiger partial charge in [0.2, 0.25) is 0 Å². The number of aliphatic hydroxyl groups is 2. The van der Waals surface area contributed by atoms with Crippen LogP contribution in [0.3, 0.4) is 0 Å². The van der Waals surface area contributed by atoms with E-state index < -0.39 is 36.5 Å². The Kier molecular flexibility index (Phi) is 6.20. The van der Waals surface area contributed by atoms with E-state index in [1.807, 2.05) is 0 Å². The van der Waals surface area contributed by atoms with Crippen LogP contribution in [0.1, 0.15) is 33.1 Å². The summed E-state index contributed by atoms with van der Waals surface area (Å²) < 4.78 is 15.1. The lowest BCUT2D eigenvalue weighted by atomic mass is 10.0. The van der Waals surface area contributed by atoms with Gasteiger partial charge in [-0.1, -0.05) is 13.8 Å². The molecule has 0 aliphatic carbocycles. The van der Waals surface area contributed by atoms with Gasteiger partial charge in [-0.3, -0.25) is 9.59 Å². The maximum atomic E-state index is 11.3. The van der Waals surface area contributed by atoms with Crippen molar-refractivity contribution in [1.82, 2.24) is 0 Å². The quantitative estimate of drug-likeness (QED) is 0.666. The molecule has 0 aromatic heterocycles. The van der Waals surface area contributed by atoms with Crippen molar-refractivity contribution in [2.24, 2.45) is 0 Å². The first kappa shape index (κ1) is 15.9. The Balaban J connectivity index is 2.64. The molecule has 7 heteroatoms. The molecule has 1 heterocycles. The summed E-state index contributed by atoms with van der Waals surface area (Å²) in [5, 5.41) is 19.2. The molecule has 0 unspecified atom stereocenters. The third-order valence-corrected chi connectivity index (χ3v) is 2.77. The zero-order valence-electron chi connectivity index (χ0n) is 11.1. The van der Waals surface area contributed by atoms with E-state index >= 15 is 0 Å². The van der Waals surface area contributed by atoms with E-state index in [1.165, 1.54) is 0 Å². The highest BCUT2D eigenvalue weighted by molar-refractivity contribution is 5.69. The number of hydrogen-bond acceptors (Lipinski definition) is 7. The van der Waals surface area contributed by atoms with Gasteiger partial charge in [-0.2, -0.15) is 0 Å². The van der Waals surface area contributed by atoms with Crippen LogP contribution < -0.4 is 0 Å². The second-order valence-electron chi connectivity index (χ2n) is 4.28. The molecule has 0 aromatic rings. The van der Waals surface area contributed by atoms with E-state index in [-0.39, 0.29) is 25.9 Å². The molecule has 1 aliphatic heterocycles. The summed E-state index contributed by atoms with van der Waals surface area (Å²) >= 11 is 0. The number of carbonyl (C=O) groups is 2. The summed E-state index contributed by atoms with van der Waals surface area (Å²) in [4.78, 5) is 22.4. The van der Waals surface area contributed by atoms with Gasteiger partial charge in [-0.15, -0.1) is 0 Å². The summed E-state index contributed by atoms with van der Waals surface area (Å²) in [5.41, 5.74) is 0. The van der Waals surface area contributed by atoms with Crippen molar-refractivity contribution in [3.05, 3.63) is 0 Å². The zero-order valence-corrected chi connectivity index (χ0v) is 11.1. The molecule has 1 fully saturated rings. The molecule has 7 nitrogen and oxygen atoms in total. The predicted octanol–water partition coefficient (Wildman–Crippen LogP) is -0.270. The molecule has 1 aliphatic rings. The van der Waals surface area contributed by atoms with E-state index in [2.05, 4.69) is 0 Å². The normalized spacial score (nSPS) is 30.7. The molecule has 19 heavy (non-hydrogen) atoms. The Labute approximate surface area is 111 Å². The minimum atomic E-state index is -1.17. The largest absolute Gasteiger partial charge is 0.463 e. The molecule has 0 amide bonds. The summed E-state index contributed by atoms with van der Waals surface area (Å²) in [6.07, 6.45) is -3.73. The van der Waals surface area contributed by atoms with Crippen molar-refractivity contribution >= 4 is 11.9 Å². The van der Waals surface area contributed by atoms with Crippen LogP contribution >= 0.6 is 0 Å². The monoisotopic (exact) mass is 276 g/mol. The lowest BCUT2D eigenvalue weighted by Crippen LogP contribution is -2.52. The smallest absolute Gasteiger partial charge is 0.305 e. The van der Waals surface area contributed by atoms with Gasteiger partial charge in [-0.25, -0.2) is 0 Å². The van der Waals surface area contributed by atoms with Crippen LogP contribution in [0.4, 0.5) is 0 Å². The van der Waals surface area contributed by atoms with E-state index in [0.717, 1.165) is 0 Å². The molecule has 1 saturated heterocycles. The molecule has 0 saturated carbocycles. The fraction of sp³-hybridized carbons (Fsp3) is 0.833. The molecule has 1 rings (SSSR count). The number of hydrogen-bond donors (Lipinski definition) is 2. The van der Waals surface area contributed by atoms with Gasteiger partial charge in [0.15, 0.2) is 12.4 Å². The molecule has 0 aromatic carbocycles. The van der Waals surface area contributed by atoms with Crippen LogP contribution in [0.25, 0.3) is 0 Å². The first-order chi connectivity index (χ1) is 8.97. The van der Waals surface area contributed by atoms with Crippen LogP contribution in [0.15, 0.2) is 0 Å². The molecule has 2 N–H and O–H groups in total. The summed E-state index contributed by atoms with van der Waals surface area (Å²) in [6.45, 7) is 3.09. The van der Waals surface area contributed by atoms with Crippen molar-refractivity contribution in [2.75, 3.05) is 6.61 Å². The van der Waals surface area contributed by atoms with Crippen molar-refractivity contribution in [2.45, 2.75) is 57.7 Å². The minimum Gasteiger partial charge on any atom is -0.463 e. The highest BCUT2D eigenvalue weighted by Gasteiger charge is 2.40. The SMILES string of the molecule is CCC(=O)OC[C@H]1O[C@H](O)C[C@@H](O)[C@@H]1OC(=O)CC. The number of aliphatic hydroxyl groups excluding tert-OH is 2. The second-order valence-corrected chi connectivity index (χ2v) is 4.28. The average molecular weight is 276 g/mol. The summed E-state index contributed by atoms with van der Waals surface area (Å²) in [6, 6.07) is 0. The van der Waals surface area contributed by atoms with Gasteiger partial charge in [0.25, 0.3) is 0 Å². The molecule has 4 atom stereocenters.